The van der Waals surface area contributed by atoms with Crippen LogP contribution in [0.1, 0.15) is 36.2 Å². The Balaban J connectivity index is 1.60. The molecule has 1 saturated carbocycles. The summed E-state index contributed by atoms with van der Waals surface area (Å²) in [4.78, 5) is 25.9. The largest absolute Gasteiger partial charge is 0.379 e. The van der Waals surface area contributed by atoms with Crippen LogP contribution < -0.4 is 22.1 Å². The molecular weight excluding hydrogens is 372 g/mol. The molecule has 0 radical (unpaired) electrons. The number of nitrogens with two attached hydrogens (primary N) is 2. The van der Waals surface area contributed by atoms with Gasteiger partial charge in [-0.05, 0) is 25.0 Å². The molecule has 4 rings (SSSR count). The van der Waals surface area contributed by atoms with Crippen molar-refractivity contribution in [1.82, 2.24) is 29.9 Å². The number of nitrogens with one attached hydrogen (secondary N) is 2. The monoisotopic (exact) mass is 394 g/mol. The zero-order chi connectivity index (χ0) is 20.2. The summed E-state index contributed by atoms with van der Waals surface area (Å²) < 4.78 is 0. The molecule has 0 aliphatic heterocycles. The minimum absolute atomic E-state index is 0.0852. The number of carbonyl (C=O) groups excluding carboxylic acids is 1. The van der Waals surface area contributed by atoms with Gasteiger partial charge in [0.1, 0.15) is 5.82 Å². The van der Waals surface area contributed by atoms with Crippen molar-refractivity contribution in [2.24, 2.45) is 11.5 Å². The highest BCUT2D eigenvalue weighted by atomic mass is 16.1. The first-order valence-corrected chi connectivity index (χ1v) is 9.39. The predicted octanol–water partition coefficient (Wildman–Crippen LogP) is 0.977. The molecule has 11 heteroatoms. The maximum Gasteiger partial charge on any atom is 0.270 e. The van der Waals surface area contributed by atoms with Crippen molar-refractivity contribution in [2.45, 2.75) is 37.8 Å². The fraction of sp³-hybridized carbons (Fsp3) is 0.333. The number of anilines is 3. The number of primary amides is 1. The molecule has 1 fully saturated rings. The van der Waals surface area contributed by atoms with Crippen LogP contribution in [0.5, 0.6) is 0 Å². The van der Waals surface area contributed by atoms with E-state index in [0.717, 1.165) is 31.4 Å². The summed E-state index contributed by atoms with van der Waals surface area (Å²) >= 11 is 0. The van der Waals surface area contributed by atoms with Crippen molar-refractivity contribution in [3.05, 3.63) is 42.6 Å². The van der Waals surface area contributed by atoms with Crippen LogP contribution in [0.25, 0.3) is 5.95 Å². The molecule has 29 heavy (non-hydrogen) atoms. The smallest absolute Gasteiger partial charge is 0.270 e. The van der Waals surface area contributed by atoms with E-state index in [1.165, 1.54) is 17.2 Å². The number of pyridine rings is 1. The molecule has 150 valence electrons. The van der Waals surface area contributed by atoms with Crippen molar-refractivity contribution >= 4 is 23.1 Å². The van der Waals surface area contributed by atoms with Crippen LogP contribution in [0.3, 0.4) is 0 Å². The van der Waals surface area contributed by atoms with Crippen molar-refractivity contribution < 1.29 is 4.79 Å². The Hall–Kier alpha value is -3.60. The number of aromatic nitrogens is 6. The van der Waals surface area contributed by atoms with Gasteiger partial charge in [-0.2, -0.15) is 15.2 Å². The summed E-state index contributed by atoms with van der Waals surface area (Å²) in [6.07, 6.45) is 10.5. The summed E-state index contributed by atoms with van der Waals surface area (Å²) in [6, 6.07) is 3.69. The van der Waals surface area contributed by atoms with Crippen LogP contribution >= 0.6 is 0 Å². The van der Waals surface area contributed by atoms with E-state index < -0.39 is 5.91 Å². The van der Waals surface area contributed by atoms with E-state index in [2.05, 4.69) is 35.8 Å². The average Bonchev–Trinajstić information content (AvgIpc) is 3.25. The van der Waals surface area contributed by atoms with Crippen molar-refractivity contribution in [3.63, 3.8) is 0 Å². The SMILES string of the molecule is NC(=O)c1ncc(N[C@@H]2CCCC[C@@H]2N)cc1Nc1ccnc(-n2nccn2)n1. The van der Waals surface area contributed by atoms with E-state index in [-0.39, 0.29) is 23.7 Å². The maximum absolute atomic E-state index is 11.8. The summed E-state index contributed by atoms with van der Waals surface area (Å²) in [5.74, 6) is 0.0931. The van der Waals surface area contributed by atoms with Gasteiger partial charge in [-0.3, -0.25) is 4.79 Å². The first-order chi connectivity index (χ1) is 14.1. The number of carbonyl (C=O) groups is 1. The first kappa shape index (κ1) is 18.7. The number of rotatable bonds is 6. The van der Waals surface area contributed by atoms with Gasteiger partial charge in [-0.25, -0.2) is 9.97 Å². The Kier molecular flexibility index (Phi) is 5.29. The topological polar surface area (TPSA) is 163 Å². The van der Waals surface area contributed by atoms with Gasteiger partial charge >= 0.3 is 0 Å². The first-order valence-electron chi connectivity index (χ1n) is 9.39. The van der Waals surface area contributed by atoms with E-state index in [1.807, 2.05) is 0 Å². The van der Waals surface area contributed by atoms with E-state index in [9.17, 15) is 4.79 Å². The highest BCUT2D eigenvalue weighted by molar-refractivity contribution is 5.97. The van der Waals surface area contributed by atoms with E-state index in [1.54, 1.807) is 24.5 Å². The number of hydrogen-bond acceptors (Lipinski definition) is 9. The molecule has 0 saturated heterocycles. The molecule has 3 aromatic rings. The minimum Gasteiger partial charge on any atom is -0.379 e. The van der Waals surface area contributed by atoms with Crippen molar-refractivity contribution in [1.29, 1.82) is 0 Å². The van der Waals surface area contributed by atoms with Gasteiger partial charge in [0.25, 0.3) is 11.9 Å². The van der Waals surface area contributed by atoms with Gasteiger partial charge in [0.15, 0.2) is 5.69 Å². The average molecular weight is 394 g/mol. The van der Waals surface area contributed by atoms with Gasteiger partial charge in [0, 0.05) is 18.3 Å². The number of nitrogens with zero attached hydrogens (tertiary/aromatic N) is 6. The van der Waals surface area contributed by atoms with E-state index >= 15 is 0 Å². The summed E-state index contributed by atoms with van der Waals surface area (Å²) in [5, 5.41) is 14.5. The van der Waals surface area contributed by atoms with Crippen LogP contribution in [-0.4, -0.2) is 47.9 Å². The Bertz CT molecular complexity index is 990. The highest BCUT2D eigenvalue weighted by Crippen LogP contribution is 2.25. The molecule has 3 aromatic heterocycles. The van der Waals surface area contributed by atoms with Gasteiger partial charge in [0.05, 0.1) is 30.0 Å². The van der Waals surface area contributed by atoms with Crippen LogP contribution in [0.2, 0.25) is 0 Å². The Morgan fingerprint density at radius 1 is 1.14 bits per heavy atom. The van der Waals surface area contributed by atoms with Crippen molar-refractivity contribution in [2.75, 3.05) is 10.6 Å². The molecule has 1 amide bonds. The Labute approximate surface area is 166 Å². The molecule has 0 spiro atoms. The molecule has 2 atom stereocenters. The fourth-order valence-corrected chi connectivity index (χ4v) is 3.36. The van der Waals surface area contributed by atoms with E-state index in [0.29, 0.717) is 11.5 Å². The lowest BCUT2D eigenvalue weighted by atomic mass is 9.91. The van der Waals surface area contributed by atoms with Gasteiger partial charge < -0.3 is 22.1 Å². The third kappa shape index (κ3) is 4.29. The molecule has 0 aromatic carbocycles. The lowest BCUT2D eigenvalue weighted by Crippen LogP contribution is -2.42. The van der Waals surface area contributed by atoms with Crippen LogP contribution in [-0.2, 0) is 0 Å². The Morgan fingerprint density at radius 2 is 1.93 bits per heavy atom. The molecule has 0 unspecified atom stereocenters. The summed E-state index contributed by atoms with van der Waals surface area (Å²) in [5.41, 5.74) is 13.0. The maximum atomic E-state index is 11.8. The fourth-order valence-electron chi connectivity index (χ4n) is 3.36. The lowest BCUT2D eigenvalue weighted by molar-refractivity contribution is 0.0996. The third-order valence-electron chi connectivity index (χ3n) is 4.80. The van der Waals surface area contributed by atoms with Gasteiger partial charge in [-0.15, -0.1) is 4.80 Å². The lowest BCUT2D eigenvalue weighted by Gasteiger charge is -2.30. The third-order valence-corrected chi connectivity index (χ3v) is 4.80. The zero-order valence-corrected chi connectivity index (χ0v) is 15.7. The van der Waals surface area contributed by atoms with Gasteiger partial charge in [0.2, 0.25) is 0 Å². The van der Waals surface area contributed by atoms with Crippen LogP contribution in [0, 0.1) is 0 Å². The quantitative estimate of drug-likeness (QED) is 0.477. The normalized spacial score (nSPS) is 18.9. The van der Waals surface area contributed by atoms with Gasteiger partial charge in [-0.1, -0.05) is 12.8 Å². The second-order valence-corrected chi connectivity index (χ2v) is 6.87. The second kappa shape index (κ2) is 8.19. The molecule has 1 aliphatic carbocycles. The van der Waals surface area contributed by atoms with Crippen molar-refractivity contribution in [3.8, 4) is 5.95 Å². The van der Waals surface area contributed by atoms with E-state index in [4.69, 9.17) is 11.5 Å². The number of amides is 1. The predicted molar refractivity (Wildman–Crippen MR) is 107 cm³/mol. The molecule has 1 aliphatic rings. The van der Waals surface area contributed by atoms with Crippen LogP contribution in [0.4, 0.5) is 17.2 Å². The molecule has 11 nitrogen and oxygen atoms in total. The molecule has 0 bridgehead atoms. The summed E-state index contributed by atoms with van der Waals surface area (Å²) in [6.45, 7) is 0. The zero-order valence-electron chi connectivity index (χ0n) is 15.7. The van der Waals surface area contributed by atoms with Crippen LogP contribution in [0.15, 0.2) is 36.9 Å². The summed E-state index contributed by atoms with van der Waals surface area (Å²) in [7, 11) is 0. The second-order valence-electron chi connectivity index (χ2n) is 6.87. The Morgan fingerprint density at radius 3 is 2.69 bits per heavy atom. The molecular formula is C18H22N10O. The standard InChI is InChI=1S/C18H22N10O/c19-12-3-1-2-4-13(12)25-11-9-14(16(17(20)29)22-10-11)26-15-5-6-21-18(27-15)28-23-7-8-24-28/h5-10,12-13,25H,1-4,19H2,(H2,20,29)(H,21,26,27)/t12-,13+/m0/s1. The molecule has 3 heterocycles. The minimum atomic E-state index is -0.642. The molecule has 6 N–H and O–H groups in total. The number of hydrogen-bond donors (Lipinski definition) is 4. The highest BCUT2D eigenvalue weighted by Gasteiger charge is 2.22.